The summed E-state index contributed by atoms with van der Waals surface area (Å²) in [7, 11) is 0. The smallest absolute Gasteiger partial charge is 0.149 e. The summed E-state index contributed by atoms with van der Waals surface area (Å²) in [6.45, 7) is 13.1. The SMILES string of the molecule is CC(C)(C)c1cc(-c2nc3c(-c4cc(-c5ccccn5)cc5oc6ccccc6c45)cccc3n2-c2ccccc2-c2ccccc2)c(O)c(C(C)(C)C)c1. The number of phenols is 1. The number of furan rings is 1. The molecule has 9 aromatic rings. The minimum absolute atomic E-state index is 0.174. The molecule has 0 amide bonds. The fourth-order valence-corrected chi connectivity index (χ4v) is 7.83. The van der Waals surface area contributed by atoms with Gasteiger partial charge in [0, 0.05) is 39.2 Å². The van der Waals surface area contributed by atoms with Crippen LogP contribution in [0.4, 0.5) is 0 Å². The van der Waals surface area contributed by atoms with Crippen LogP contribution in [0, 0.1) is 0 Å². The van der Waals surface area contributed by atoms with E-state index in [1.54, 1.807) is 0 Å². The average Bonchev–Trinajstić information content (AvgIpc) is 3.76. The highest BCUT2D eigenvalue weighted by molar-refractivity contribution is 6.16. The first-order valence-corrected chi connectivity index (χ1v) is 18.9. The zero-order valence-corrected chi connectivity index (χ0v) is 32.1. The van der Waals surface area contributed by atoms with Gasteiger partial charge < -0.3 is 9.52 Å². The normalized spacial score (nSPS) is 12.3. The van der Waals surface area contributed by atoms with Crippen molar-refractivity contribution in [3.63, 3.8) is 0 Å². The van der Waals surface area contributed by atoms with E-state index in [0.717, 1.165) is 83.3 Å². The van der Waals surface area contributed by atoms with E-state index < -0.39 is 0 Å². The molecular formula is C50H43N3O2. The zero-order valence-electron chi connectivity index (χ0n) is 32.1. The number of hydrogen-bond acceptors (Lipinski definition) is 4. The predicted molar refractivity (Wildman–Crippen MR) is 227 cm³/mol. The van der Waals surface area contributed by atoms with Gasteiger partial charge in [0.05, 0.1) is 28.0 Å². The summed E-state index contributed by atoms with van der Waals surface area (Å²) in [5, 5.41) is 14.4. The Balaban J connectivity index is 1.43. The third-order valence-corrected chi connectivity index (χ3v) is 10.7. The molecule has 0 aliphatic rings. The number of hydrogen-bond donors (Lipinski definition) is 1. The van der Waals surface area contributed by atoms with Crippen LogP contribution >= 0.6 is 0 Å². The molecule has 6 aromatic carbocycles. The Labute approximate surface area is 321 Å². The number of rotatable bonds is 5. The lowest BCUT2D eigenvalue weighted by atomic mass is 9.79. The van der Waals surface area contributed by atoms with E-state index in [1.165, 1.54) is 0 Å². The minimum Gasteiger partial charge on any atom is -0.507 e. The Morgan fingerprint density at radius 1 is 0.582 bits per heavy atom. The van der Waals surface area contributed by atoms with Crippen LogP contribution in [0.15, 0.2) is 150 Å². The van der Waals surface area contributed by atoms with E-state index in [0.29, 0.717) is 11.4 Å². The number of benzene rings is 6. The standard InChI is InChI=1S/C50H43N3O2/c1-49(2,3)33-29-38(47(54)39(30-33)50(4,5)6)48-52-46-35(21-16-24-42(46)53(48)41-23-12-10-19-34(41)31-17-8-7-9-18-31)37-27-32(40-22-14-15-26-51-40)28-44-45(37)36-20-11-13-25-43(36)55-44/h7-30,54H,1-6H3. The molecule has 1 N–H and O–H groups in total. The lowest BCUT2D eigenvalue weighted by Gasteiger charge is -2.27. The Kier molecular flexibility index (Phi) is 8.01. The monoisotopic (exact) mass is 717 g/mol. The zero-order chi connectivity index (χ0) is 38.1. The van der Waals surface area contributed by atoms with Crippen LogP contribution in [-0.4, -0.2) is 19.6 Å². The second kappa shape index (κ2) is 12.8. The first kappa shape index (κ1) is 34.3. The first-order chi connectivity index (χ1) is 26.5. The molecular weight excluding hydrogens is 675 g/mol. The van der Waals surface area contributed by atoms with E-state index in [-0.39, 0.29) is 16.6 Å². The maximum absolute atomic E-state index is 12.4. The number of nitrogens with zero attached hydrogens (tertiary/aromatic N) is 3. The molecule has 55 heavy (non-hydrogen) atoms. The van der Waals surface area contributed by atoms with Crippen molar-refractivity contribution in [2.75, 3.05) is 0 Å². The molecule has 0 bridgehead atoms. The van der Waals surface area contributed by atoms with Crippen LogP contribution in [0.1, 0.15) is 52.7 Å². The lowest BCUT2D eigenvalue weighted by molar-refractivity contribution is 0.446. The number of aromatic nitrogens is 3. The molecule has 5 nitrogen and oxygen atoms in total. The van der Waals surface area contributed by atoms with Crippen LogP contribution in [0.3, 0.4) is 0 Å². The van der Waals surface area contributed by atoms with E-state index >= 15 is 0 Å². The van der Waals surface area contributed by atoms with Crippen molar-refractivity contribution in [1.82, 2.24) is 14.5 Å². The van der Waals surface area contributed by atoms with Crippen LogP contribution in [0.5, 0.6) is 5.75 Å². The third kappa shape index (κ3) is 5.88. The fourth-order valence-electron chi connectivity index (χ4n) is 7.83. The molecule has 0 saturated heterocycles. The van der Waals surface area contributed by atoms with E-state index in [4.69, 9.17) is 14.4 Å². The highest BCUT2D eigenvalue weighted by Gasteiger charge is 2.29. The van der Waals surface area contributed by atoms with Gasteiger partial charge in [-0.3, -0.25) is 9.55 Å². The Morgan fingerprint density at radius 2 is 1.31 bits per heavy atom. The summed E-state index contributed by atoms with van der Waals surface area (Å²) in [5.41, 5.74) is 12.5. The molecule has 3 aromatic heterocycles. The van der Waals surface area contributed by atoms with Crippen LogP contribution < -0.4 is 0 Å². The molecule has 5 heteroatoms. The van der Waals surface area contributed by atoms with Crippen molar-refractivity contribution in [2.45, 2.75) is 52.4 Å². The van der Waals surface area contributed by atoms with Gasteiger partial charge in [0.2, 0.25) is 0 Å². The summed E-state index contributed by atoms with van der Waals surface area (Å²) in [6, 6.07) is 48.1. The Morgan fingerprint density at radius 3 is 2.07 bits per heavy atom. The van der Waals surface area contributed by atoms with Crippen LogP contribution in [0.25, 0.3) is 83.6 Å². The molecule has 0 aliphatic heterocycles. The van der Waals surface area contributed by atoms with Gasteiger partial charge in [0.1, 0.15) is 22.7 Å². The topological polar surface area (TPSA) is 64.1 Å². The Hall–Kier alpha value is -6.46. The fraction of sp³-hybridized carbons (Fsp3) is 0.160. The lowest BCUT2D eigenvalue weighted by Crippen LogP contribution is -2.17. The molecule has 270 valence electrons. The van der Waals surface area contributed by atoms with Crippen molar-refractivity contribution in [3.05, 3.63) is 157 Å². The van der Waals surface area contributed by atoms with E-state index in [2.05, 4.69) is 149 Å². The van der Waals surface area contributed by atoms with Gasteiger partial charge >= 0.3 is 0 Å². The highest BCUT2D eigenvalue weighted by atomic mass is 16.3. The second-order valence-corrected chi connectivity index (χ2v) is 16.5. The molecule has 0 fully saturated rings. The maximum atomic E-state index is 12.4. The van der Waals surface area contributed by atoms with Gasteiger partial charge in [-0.1, -0.05) is 133 Å². The number of pyridine rings is 1. The largest absolute Gasteiger partial charge is 0.507 e. The van der Waals surface area contributed by atoms with Crippen molar-refractivity contribution in [2.24, 2.45) is 0 Å². The van der Waals surface area contributed by atoms with Crippen molar-refractivity contribution >= 4 is 33.0 Å². The second-order valence-electron chi connectivity index (χ2n) is 16.5. The number of aromatic hydroxyl groups is 1. The molecule has 0 aliphatic carbocycles. The van der Waals surface area contributed by atoms with Crippen molar-refractivity contribution < 1.29 is 9.52 Å². The molecule has 0 atom stereocenters. The predicted octanol–water partition coefficient (Wildman–Crippen LogP) is 13.3. The summed E-state index contributed by atoms with van der Waals surface area (Å²) in [4.78, 5) is 10.3. The van der Waals surface area contributed by atoms with Gasteiger partial charge in [0.25, 0.3) is 0 Å². The molecule has 0 radical (unpaired) electrons. The number of phenolic OH excluding ortho intramolecular Hbond substituents is 1. The first-order valence-electron chi connectivity index (χ1n) is 18.9. The molecule has 3 heterocycles. The van der Waals surface area contributed by atoms with Crippen molar-refractivity contribution in [3.8, 4) is 56.3 Å². The summed E-state index contributed by atoms with van der Waals surface area (Å²) in [5.74, 6) is 0.922. The molecule has 9 rings (SSSR count). The van der Waals surface area contributed by atoms with Gasteiger partial charge in [-0.25, -0.2) is 4.98 Å². The average molecular weight is 718 g/mol. The highest BCUT2D eigenvalue weighted by Crippen LogP contribution is 2.47. The summed E-state index contributed by atoms with van der Waals surface area (Å²) < 4.78 is 8.78. The Bertz CT molecular complexity index is 2890. The summed E-state index contributed by atoms with van der Waals surface area (Å²) in [6.07, 6.45) is 1.82. The van der Waals surface area contributed by atoms with Gasteiger partial charge in [0.15, 0.2) is 0 Å². The maximum Gasteiger partial charge on any atom is 0.149 e. The van der Waals surface area contributed by atoms with Gasteiger partial charge in [-0.05, 0) is 76.1 Å². The molecule has 0 spiro atoms. The molecule has 0 saturated carbocycles. The van der Waals surface area contributed by atoms with Gasteiger partial charge in [-0.2, -0.15) is 0 Å². The number of para-hydroxylation sites is 3. The van der Waals surface area contributed by atoms with Crippen molar-refractivity contribution in [1.29, 1.82) is 0 Å². The van der Waals surface area contributed by atoms with Crippen LogP contribution in [-0.2, 0) is 10.8 Å². The van der Waals surface area contributed by atoms with E-state index in [9.17, 15) is 5.11 Å². The quantitative estimate of drug-likeness (QED) is 0.192. The van der Waals surface area contributed by atoms with Crippen LogP contribution in [0.2, 0.25) is 0 Å². The third-order valence-electron chi connectivity index (χ3n) is 10.7. The summed E-state index contributed by atoms with van der Waals surface area (Å²) >= 11 is 0. The number of fused-ring (bicyclic) bond motifs is 4. The molecule has 0 unspecified atom stereocenters. The van der Waals surface area contributed by atoms with Gasteiger partial charge in [-0.15, -0.1) is 0 Å². The minimum atomic E-state index is -0.316. The van der Waals surface area contributed by atoms with E-state index in [1.807, 2.05) is 42.6 Å². The number of imidazole rings is 1.